The maximum Gasteiger partial charge on any atom is 0.227 e. The van der Waals surface area contributed by atoms with Crippen LogP contribution in [0.1, 0.15) is 25.8 Å². The molecule has 1 aromatic heterocycles. The number of aromatic nitrogens is 2. The molecule has 0 amide bonds. The van der Waals surface area contributed by atoms with Gasteiger partial charge in [0, 0.05) is 38.1 Å². The molecule has 1 aliphatic heterocycles. The average Bonchev–Trinajstić information content (AvgIpc) is 2.97. The molecule has 0 radical (unpaired) electrons. The monoisotopic (exact) mass is 389 g/mol. The third-order valence-corrected chi connectivity index (χ3v) is 5.39. The van der Waals surface area contributed by atoms with Gasteiger partial charge < -0.3 is 15.1 Å². The Balaban J connectivity index is 1.56. The van der Waals surface area contributed by atoms with Crippen LogP contribution in [0.2, 0.25) is 0 Å². The molecule has 1 fully saturated rings. The predicted octanol–water partition coefficient (Wildman–Crippen LogP) is 4.41. The third kappa shape index (κ3) is 5.04. The smallest absolute Gasteiger partial charge is 0.227 e. The molecule has 3 aromatic rings. The van der Waals surface area contributed by atoms with Crippen LogP contribution in [0.15, 0.2) is 54.6 Å². The van der Waals surface area contributed by atoms with Gasteiger partial charge in [0.1, 0.15) is 5.82 Å². The van der Waals surface area contributed by atoms with E-state index >= 15 is 0 Å². The average molecular weight is 390 g/mol. The van der Waals surface area contributed by atoms with Gasteiger partial charge in [-0.15, -0.1) is 0 Å². The molecule has 0 saturated carbocycles. The zero-order chi connectivity index (χ0) is 20.1. The molecule has 0 bridgehead atoms. The van der Waals surface area contributed by atoms with E-state index in [1.54, 1.807) is 0 Å². The first-order valence-corrected chi connectivity index (χ1v) is 10.7. The van der Waals surface area contributed by atoms with E-state index in [1.807, 2.05) is 12.1 Å². The van der Waals surface area contributed by atoms with Crippen LogP contribution >= 0.6 is 0 Å². The Kier molecular flexibility index (Phi) is 6.25. The van der Waals surface area contributed by atoms with Crippen molar-refractivity contribution in [1.82, 2.24) is 14.9 Å². The number of anilines is 2. The number of nitrogens with zero attached hydrogens (tertiary/aromatic N) is 4. The summed E-state index contributed by atoms with van der Waals surface area (Å²) in [5, 5.41) is 4.62. The third-order valence-electron chi connectivity index (χ3n) is 5.39. The molecular formula is C24H31N5. The molecule has 0 spiro atoms. The normalized spacial score (nSPS) is 15.6. The van der Waals surface area contributed by atoms with Crippen LogP contribution in [0.3, 0.4) is 0 Å². The summed E-state index contributed by atoms with van der Waals surface area (Å²) in [5.74, 6) is 2.45. The first-order chi connectivity index (χ1) is 14.2. The van der Waals surface area contributed by atoms with Gasteiger partial charge in [0.25, 0.3) is 0 Å². The highest BCUT2D eigenvalue weighted by atomic mass is 15.3. The quantitative estimate of drug-likeness (QED) is 0.676. The molecule has 2 aromatic carbocycles. The molecule has 0 aliphatic carbocycles. The van der Waals surface area contributed by atoms with Crippen molar-refractivity contribution < 1.29 is 0 Å². The first kappa shape index (κ1) is 19.6. The Hall–Kier alpha value is -2.66. The minimum absolute atomic E-state index is 0.701. The Morgan fingerprint density at radius 2 is 1.69 bits per heavy atom. The minimum atomic E-state index is 0.701. The fraction of sp³-hybridized carbons (Fsp3) is 0.417. The highest BCUT2D eigenvalue weighted by Crippen LogP contribution is 2.24. The van der Waals surface area contributed by atoms with Gasteiger partial charge in [-0.25, -0.2) is 4.98 Å². The fourth-order valence-corrected chi connectivity index (χ4v) is 3.99. The zero-order valence-electron chi connectivity index (χ0n) is 17.5. The van der Waals surface area contributed by atoms with E-state index in [9.17, 15) is 0 Å². The maximum atomic E-state index is 4.95. The van der Waals surface area contributed by atoms with E-state index in [2.05, 4.69) is 71.4 Å². The van der Waals surface area contributed by atoms with Gasteiger partial charge in [-0.05, 0) is 36.6 Å². The lowest BCUT2D eigenvalue weighted by atomic mass is 10.2. The maximum absolute atomic E-state index is 4.95. The lowest BCUT2D eigenvalue weighted by molar-refractivity contribution is 0.261. The molecule has 4 rings (SSSR count). The summed E-state index contributed by atoms with van der Waals surface area (Å²) < 4.78 is 0. The summed E-state index contributed by atoms with van der Waals surface area (Å²) in [4.78, 5) is 14.8. The summed E-state index contributed by atoms with van der Waals surface area (Å²) in [6, 6.07) is 18.7. The highest BCUT2D eigenvalue weighted by Gasteiger charge is 2.19. The van der Waals surface area contributed by atoms with Gasteiger partial charge in [0.05, 0.1) is 5.52 Å². The van der Waals surface area contributed by atoms with Crippen molar-refractivity contribution in [3.63, 3.8) is 0 Å². The molecule has 5 nitrogen and oxygen atoms in total. The van der Waals surface area contributed by atoms with E-state index in [1.165, 1.54) is 5.56 Å². The molecule has 2 heterocycles. The van der Waals surface area contributed by atoms with Crippen molar-refractivity contribution in [3.8, 4) is 0 Å². The Morgan fingerprint density at radius 1 is 0.897 bits per heavy atom. The molecule has 152 valence electrons. The zero-order valence-corrected chi connectivity index (χ0v) is 17.5. The van der Waals surface area contributed by atoms with Crippen molar-refractivity contribution in [3.05, 3.63) is 60.2 Å². The van der Waals surface area contributed by atoms with E-state index < -0.39 is 0 Å². The van der Waals surface area contributed by atoms with Gasteiger partial charge in [0.15, 0.2) is 0 Å². The Labute approximate surface area is 173 Å². The summed E-state index contributed by atoms with van der Waals surface area (Å²) in [5.41, 5.74) is 2.24. The van der Waals surface area contributed by atoms with E-state index in [0.717, 1.165) is 68.4 Å². The van der Waals surface area contributed by atoms with Crippen LogP contribution in [-0.2, 0) is 6.54 Å². The van der Waals surface area contributed by atoms with Crippen LogP contribution < -0.4 is 10.2 Å². The second kappa shape index (κ2) is 9.23. The lowest BCUT2D eigenvalue weighted by Gasteiger charge is -2.23. The van der Waals surface area contributed by atoms with E-state index in [-0.39, 0.29) is 0 Å². The second-order valence-corrected chi connectivity index (χ2v) is 8.26. The number of nitrogens with one attached hydrogen (secondary N) is 1. The number of hydrogen-bond donors (Lipinski definition) is 1. The van der Waals surface area contributed by atoms with Gasteiger partial charge in [0.2, 0.25) is 5.95 Å². The molecular weight excluding hydrogens is 358 g/mol. The Morgan fingerprint density at radius 3 is 2.52 bits per heavy atom. The van der Waals surface area contributed by atoms with Crippen LogP contribution in [0.5, 0.6) is 0 Å². The summed E-state index contributed by atoms with van der Waals surface area (Å²) in [6.07, 6.45) is 1.15. The van der Waals surface area contributed by atoms with E-state index in [0.29, 0.717) is 5.92 Å². The molecule has 0 atom stereocenters. The molecule has 29 heavy (non-hydrogen) atoms. The standard InChI is InChI=1S/C24H31N5/c1-19(2)18-28-13-8-14-29(16-15-28)24-26-22-12-7-6-11-21(22)23(27-24)25-17-20-9-4-3-5-10-20/h3-7,9-12,19H,8,13-18H2,1-2H3,(H,25,26,27). The fourth-order valence-electron chi connectivity index (χ4n) is 3.99. The summed E-state index contributed by atoms with van der Waals surface area (Å²) in [7, 11) is 0. The summed E-state index contributed by atoms with van der Waals surface area (Å²) >= 11 is 0. The minimum Gasteiger partial charge on any atom is -0.365 e. The van der Waals surface area contributed by atoms with Crippen LogP contribution in [0.4, 0.5) is 11.8 Å². The van der Waals surface area contributed by atoms with Gasteiger partial charge in [-0.3, -0.25) is 0 Å². The summed E-state index contributed by atoms with van der Waals surface area (Å²) in [6.45, 7) is 10.7. The topological polar surface area (TPSA) is 44.3 Å². The number of fused-ring (bicyclic) bond motifs is 1. The Bertz CT molecular complexity index is 925. The van der Waals surface area contributed by atoms with Crippen LogP contribution in [0.25, 0.3) is 10.9 Å². The molecule has 1 saturated heterocycles. The SMILES string of the molecule is CC(C)CN1CCCN(c2nc(NCc3ccccc3)c3ccccc3n2)CC1. The molecule has 0 unspecified atom stereocenters. The molecule has 1 aliphatic rings. The van der Waals surface area contributed by atoms with Gasteiger partial charge >= 0.3 is 0 Å². The van der Waals surface area contributed by atoms with Crippen molar-refractivity contribution >= 4 is 22.7 Å². The number of benzene rings is 2. The highest BCUT2D eigenvalue weighted by molar-refractivity contribution is 5.90. The first-order valence-electron chi connectivity index (χ1n) is 10.7. The molecule has 1 N–H and O–H groups in total. The van der Waals surface area contributed by atoms with Crippen molar-refractivity contribution in [2.24, 2.45) is 5.92 Å². The second-order valence-electron chi connectivity index (χ2n) is 8.26. The largest absolute Gasteiger partial charge is 0.365 e. The van der Waals surface area contributed by atoms with Crippen molar-refractivity contribution in [2.45, 2.75) is 26.8 Å². The van der Waals surface area contributed by atoms with Crippen LogP contribution in [-0.4, -0.2) is 47.6 Å². The number of hydrogen-bond acceptors (Lipinski definition) is 5. The van der Waals surface area contributed by atoms with Crippen LogP contribution in [0, 0.1) is 5.92 Å². The number of para-hydroxylation sites is 1. The van der Waals surface area contributed by atoms with Gasteiger partial charge in [-0.1, -0.05) is 56.3 Å². The predicted molar refractivity (Wildman–Crippen MR) is 121 cm³/mol. The van der Waals surface area contributed by atoms with E-state index in [4.69, 9.17) is 9.97 Å². The lowest BCUT2D eigenvalue weighted by Crippen LogP contribution is -2.33. The molecule has 5 heteroatoms. The van der Waals surface area contributed by atoms with Crippen molar-refractivity contribution in [2.75, 3.05) is 42.9 Å². The van der Waals surface area contributed by atoms with Crippen molar-refractivity contribution in [1.29, 1.82) is 0 Å². The number of rotatable bonds is 6. The van der Waals surface area contributed by atoms with Gasteiger partial charge in [-0.2, -0.15) is 4.98 Å².